The maximum atomic E-state index is 13.2. The van der Waals surface area contributed by atoms with Gasteiger partial charge in [0, 0.05) is 57.5 Å². The van der Waals surface area contributed by atoms with Crippen LogP contribution in [0.3, 0.4) is 0 Å². The maximum Gasteiger partial charge on any atom is 0.266 e. The number of benzene rings is 2. The van der Waals surface area contributed by atoms with Gasteiger partial charge in [0.25, 0.3) is 11.8 Å². The van der Waals surface area contributed by atoms with E-state index in [0.717, 1.165) is 48.3 Å². The zero-order valence-corrected chi connectivity index (χ0v) is 29.3. The van der Waals surface area contributed by atoms with Crippen molar-refractivity contribution in [2.75, 3.05) is 50.9 Å². The molecule has 0 aliphatic carbocycles. The molecule has 5 heterocycles. The van der Waals surface area contributed by atoms with E-state index in [0.29, 0.717) is 19.6 Å². The first-order valence-electron chi connectivity index (χ1n) is 17.6. The Bertz CT molecular complexity index is 2110. The highest BCUT2D eigenvalue weighted by Gasteiger charge is 2.46. The minimum absolute atomic E-state index is 0.0315. The third-order valence-corrected chi connectivity index (χ3v) is 9.36. The SMILES string of the molecule is O=C1CCC(N2C(=O)c3cccc(OCCOCCc4cn(Cc5cccc(N6CCN(/C=C/C(=O)c7ccccc7O)CC6)n5)nn4)c3C2=O)C(=O)N1. The molecule has 54 heavy (non-hydrogen) atoms. The Morgan fingerprint density at radius 2 is 1.72 bits per heavy atom. The molecule has 3 aliphatic rings. The number of aromatic hydroxyl groups is 1. The number of ether oxygens (including phenoxy) is 2. The molecular weight excluding hydrogens is 696 g/mol. The number of pyridine rings is 1. The lowest BCUT2D eigenvalue weighted by Gasteiger charge is -2.34. The molecule has 1 unspecified atom stereocenters. The first-order valence-corrected chi connectivity index (χ1v) is 17.6. The summed E-state index contributed by atoms with van der Waals surface area (Å²) in [5.74, 6) is -1.51. The number of hydrogen-bond donors (Lipinski definition) is 2. The van der Waals surface area contributed by atoms with Crippen LogP contribution in [-0.2, 0) is 27.3 Å². The number of aromatic nitrogens is 4. The summed E-state index contributed by atoms with van der Waals surface area (Å²) in [7, 11) is 0. The summed E-state index contributed by atoms with van der Waals surface area (Å²) in [6, 6.07) is 16.0. The Morgan fingerprint density at radius 3 is 2.54 bits per heavy atom. The molecule has 16 nitrogen and oxygen atoms in total. The number of anilines is 1. The van der Waals surface area contributed by atoms with Crippen molar-refractivity contribution in [3.05, 3.63) is 107 Å². The molecule has 2 saturated heterocycles. The summed E-state index contributed by atoms with van der Waals surface area (Å²) in [4.78, 5) is 72.7. The number of phenols is 1. The molecule has 2 aromatic carbocycles. The Labute approximate surface area is 310 Å². The van der Waals surface area contributed by atoms with Gasteiger partial charge in [0.2, 0.25) is 11.8 Å². The molecule has 1 atom stereocenters. The lowest BCUT2D eigenvalue weighted by Crippen LogP contribution is -2.54. The van der Waals surface area contributed by atoms with E-state index in [-0.39, 0.29) is 60.0 Å². The number of carbonyl (C=O) groups excluding carboxylic acids is 5. The van der Waals surface area contributed by atoms with Gasteiger partial charge in [0.05, 0.1) is 47.8 Å². The van der Waals surface area contributed by atoms with Crippen molar-refractivity contribution in [3.63, 3.8) is 0 Å². The van der Waals surface area contributed by atoms with Crippen molar-refractivity contribution in [3.8, 4) is 11.5 Å². The van der Waals surface area contributed by atoms with Crippen LogP contribution in [0.4, 0.5) is 5.82 Å². The molecule has 7 rings (SSSR count). The van der Waals surface area contributed by atoms with Crippen molar-refractivity contribution in [2.45, 2.75) is 31.8 Å². The number of piperidine rings is 1. The zero-order valence-electron chi connectivity index (χ0n) is 29.3. The summed E-state index contributed by atoms with van der Waals surface area (Å²) in [6.07, 6.45) is 5.75. The second kappa shape index (κ2) is 16.1. The number of allylic oxidation sites excluding steroid dienone is 1. The summed E-state index contributed by atoms with van der Waals surface area (Å²) in [5, 5.41) is 20.6. The number of nitrogens with zero attached hydrogens (tertiary/aromatic N) is 7. The summed E-state index contributed by atoms with van der Waals surface area (Å²) < 4.78 is 13.3. The molecule has 2 aromatic heterocycles. The molecule has 0 radical (unpaired) electrons. The summed E-state index contributed by atoms with van der Waals surface area (Å²) in [6.45, 7) is 4.04. The van der Waals surface area contributed by atoms with Gasteiger partial charge < -0.3 is 24.4 Å². The van der Waals surface area contributed by atoms with Gasteiger partial charge in [-0.1, -0.05) is 29.5 Å². The number of piperazine rings is 1. The first kappa shape index (κ1) is 36.0. The number of hydrogen-bond acceptors (Lipinski definition) is 13. The fourth-order valence-electron chi connectivity index (χ4n) is 6.57. The monoisotopic (exact) mass is 734 g/mol. The normalized spacial score (nSPS) is 17.3. The number of para-hydroxylation sites is 1. The smallest absolute Gasteiger partial charge is 0.266 e. The summed E-state index contributed by atoms with van der Waals surface area (Å²) in [5.41, 5.74) is 2.10. The molecule has 0 bridgehead atoms. The number of nitrogens with one attached hydrogen (secondary N) is 1. The van der Waals surface area contributed by atoms with Crippen molar-refractivity contribution in [1.29, 1.82) is 0 Å². The third kappa shape index (κ3) is 7.97. The molecule has 4 amide bonds. The number of ketones is 1. The second-order valence-electron chi connectivity index (χ2n) is 13.0. The van der Waals surface area contributed by atoms with Crippen molar-refractivity contribution >= 4 is 35.2 Å². The van der Waals surface area contributed by atoms with Crippen LogP contribution in [-0.4, -0.2) is 116 Å². The Balaban J connectivity index is 0.836. The first-order chi connectivity index (χ1) is 26.2. The van der Waals surface area contributed by atoms with Crippen molar-refractivity contribution < 1.29 is 38.6 Å². The van der Waals surface area contributed by atoms with Gasteiger partial charge in [0.15, 0.2) is 5.78 Å². The quantitative estimate of drug-likeness (QED) is 0.0829. The van der Waals surface area contributed by atoms with Gasteiger partial charge in [-0.25, -0.2) is 9.67 Å². The third-order valence-electron chi connectivity index (χ3n) is 9.36. The van der Waals surface area contributed by atoms with E-state index in [1.165, 1.54) is 18.2 Å². The van der Waals surface area contributed by atoms with Crippen LogP contribution >= 0.6 is 0 Å². The predicted octanol–water partition coefficient (Wildman–Crippen LogP) is 1.98. The zero-order chi connectivity index (χ0) is 37.6. The molecule has 3 aliphatic heterocycles. The minimum Gasteiger partial charge on any atom is -0.507 e. The number of rotatable bonds is 14. The Kier molecular flexibility index (Phi) is 10.7. The minimum atomic E-state index is -1.05. The van der Waals surface area contributed by atoms with Crippen molar-refractivity contribution in [1.82, 2.24) is 35.1 Å². The Morgan fingerprint density at radius 1 is 0.907 bits per heavy atom. The van der Waals surface area contributed by atoms with Crippen LogP contribution in [0.1, 0.15) is 55.3 Å². The highest BCUT2D eigenvalue weighted by Crippen LogP contribution is 2.33. The molecule has 2 fully saturated rings. The van der Waals surface area contributed by atoms with Crippen LogP contribution in [0.2, 0.25) is 0 Å². The van der Waals surface area contributed by atoms with E-state index in [1.807, 2.05) is 24.4 Å². The molecular formula is C38H38N8O8. The number of imide groups is 2. The van der Waals surface area contributed by atoms with Crippen LogP contribution in [0.25, 0.3) is 0 Å². The lowest BCUT2D eigenvalue weighted by atomic mass is 10.0. The predicted molar refractivity (Wildman–Crippen MR) is 192 cm³/mol. The largest absolute Gasteiger partial charge is 0.507 e. The van der Waals surface area contributed by atoms with Gasteiger partial charge >= 0.3 is 0 Å². The van der Waals surface area contributed by atoms with Crippen LogP contribution in [0.15, 0.2) is 79.1 Å². The van der Waals surface area contributed by atoms with E-state index in [1.54, 1.807) is 41.2 Å². The van der Waals surface area contributed by atoms with Crippen LogP contribution < -0.4 is 15.0 Å². The number of amides is 4. The van der Waals surface area contributed by atoms with E-state index < -0.39 is 29.7 Å². The molecule has 0 spiro atoms. The average Bonchev–Trinajstić information content (AvgIpc) is 3.73. The molecule has 4 aromatic rings. The van der Waals surface area contributed by atoms with Gasteiger partial charge in [0.1, 0.15) is 30.0 Å². The van der Waals surface area contributed by atoms with E-state index in [2.05, 4.69) is 25.4 Å². The number of phenolic OH excluding ortho intramolecular Hbond substituents is 1. The van der Waals surface area contributed by atoms with E-state index in [9.17, 15) is 29.1 Å². The van der Waals surface area contributed by atoms with E-state index in [4.69, 9.17) is 14.5 Å². The highest BCUT2D eigenvalue weighted by molar-refractivity contribution is 6.24. The second-order valence-corrected chi connectivity index (χ2v) is 13.0. The maximum absolute atomic E-state index is 13.2. The van der Waals surface area contributed by atoms with Crippen LogP contribution in [0.5, 0.6) is 11.5 Å². The number of carbonyl (C=O) groups is 5. The Hall–Kier alpha value is -6.42. The van der Waals surface area contributed by atoms with Gasteiger partial charge in [-0.05, 0) is 42.8 Å². The summed E-state index contributed by atoms with van der Waals surface area (Å²) >= 11 is 0. The van der Waals surface area contributed by atoms with Crippen molar-refractivity contribution in [2.24, 2.45) is 0 Å². The van der Waals surface area contributed by atoms with Gasteiger partial charge in [-0.2, -0.15) is 0 Å². The van der Waals surface area contributed by atoms with Gasteiger partial charge in [-0.15, -0.1) is 5.10 Å². The highest BCUT2D eigenvalue weighted by atomic mass is 16.5. The fourth-order valence-corrected chi connectivity index (χ4v) is 6.57. The topological polar surface area (TPSA) is 189 Å². The standard InChI is InChI=1S/C38H38N8O8/c47-30-8-2-1-6-27(30)31(48)13-15-43-16-18-44(19-17-43)33-10-3-5-25(39-33)23-45-24-26(41-42-45)14-20-53-21-22-54-32-9-4-7-28-35(32)38(52)46(37(28)51)29-11-12-34(49)40-36(29)50/h1-10,13,15,24,29,47H,11-12,14,16-23H2,(H,40,49,50)/b15-13+. The lowest BCUT2D eigenvalue weighted by molar-refractivity contribution is -0.136. The van der Waals surface area contributed by atoms with E-state index >= 15 is 0 Å². The molecule has 2 N–H and O–H groups in total. The number of fused-ring (bicyclic) bond motifs is 1. The van der Waals surface area contributed by atoms with Crippen LogP contribution in [0, 0.1) is 0 Å². The molecule has 278 valence electrons. The molecule has 0 saturated carbocycles. The fraction of sp³-hybridized carbons (Fsp3) is 0.316. The van der Waals surface area contributed by atoms with Gasteiger partial charge in [-0.3, -0.25) is 34.2 Å². The average molecular weight is 735 g/mol. The molecule has 16 heteroatoms.